The SMILES string of the molecule is CCS(=O)(=O)c1ccc(N2CC(C)(C)OC3(CCOC3)C2)cc1. The van der Waals surface area contributed by atoms with Gasteiger partial charge in [-0.1, -0.05) is 6.92 Å². The van der Waals surface area contributed by atoms with Gasteiger partial charge >= 0.3 is 0 Å². The second-order valence-electron chi connectivity index (χ2n) is 7.10. The van der Waals surface area contributed by atoms with Gasteiger partial charge < -0.3 is 14.4 Å². The number of rotatable bonds is 3. The summed E-state index contributed by atoms with van der Waals surface area (Å²) < 4.78 is 35.8. The quantitative estimate of drug-likeness (QED) is 0.845. The predicted molar refractivity (Wildman–Crippen MR) is 89.7 cm³/mol. The summed E-state index contributed by atoms with van der Waals surface area (Å²) in [6.45, 7) is 8.75. The van der Waals surface area contributed by atoms with Gasteiger partial charge in [0.05, 0.1) is 22.9 Å². The van der Waals surface area contributed by atoms with E-state index in [-0.39, 0.29) is 17.0 Å². The molecule has 0 aromatic heterocycles. The number of anilines is 1. The van der Waals surface area contributed by atoms with Gasteiger partial charge in [-0.15, -0.1) is 0 Å². The fraction of sp³-hybridized carbons (Fsp3) is 0.647. The minimum absolute atomic E-state index is 0.122. The highest BCUT2D eigenvalue weighted by Gasteiger charge is 2.46. The summed E-state index contributed by atoms with van der Waals surface area (Å²) >= 11 is 0. The van der Waals surface area contributed by atoms with E-state index in [0.29, 0.717) is 11.5 Å². The molecule has 0 bridgehead atoms. The van der Waals surface area contributed by atoms with Crippen LogP contribution in [-0.4, -0.2) is 51.7 Å². The molecule has 128 valence electrons. The van der Waals surface area contributed by atoms with Crippen molar-refractivity contribution in [3.05, 3.63) is 24.3 Å². The van der Waals surface area contributed by atoms with Gasteiger partial charge in [0, 0.05) is 31.8 Å². The largest absolute Gasteiger partial charge is 0.378 e. The van der Waals surface area contributed by atoms with Crippen molar-refractivity contribution < 1.29 is 17.9 Å². The summed E-state index contributed by atoms with van der Waals surface area (Å²) in [5.41, 5.74) is 0.512. The highest BCUT2D eigenvalue weighted by molar-refractivity contribution is 7.91. The summed E-state index contributed by atoms with van der Waals surface area (Å²) in [6, 6.07) is 7.20. The molecule has 1 unspecified atom stereocenters. The first-order valence-electron chi connectivity index (χ1n) is 8.11. The van der Waals surface area contributed by atoms with Crippen molar-refractivity contribution in [3.63, 3.8) is 0 Å². The lowest BCUT2D eigenvalue weighted by Crippen LogP contribution is -2.60. The molecule has 2 heterocycles. The molecule has 1 aromatic carbocycles. The van der Waals surface area contributed by atoms with Crippen LogP contribution in [0.2, 0.25) is 0 Å². The Morgan fingerprint density at radius 3 is 2.43 bits per heavy atom. The molecule has 0 N–H and O–H groups in total. The maximum atomic E-state index is 11.9. The Morgan fingerprint density at radius 1 is 1.17 bits per heavy atom. The van der Waals surface area contributed by atoms with Gasteiger partial charge in [-0.25, -0.2) is 8.42 Å². The number of nitrogens with zero attached hydrogens (tertiary/aromatic N) is 1. The average molecular weight is 339 g/mol. The second kappa shape index (κ2) is 5.76. The number of sulfone groups is 1. The number of morpholine rings is 1. The lowest BCUT2D eigenvalue weighted by molar-refractivity contribution is -0.151. The van der Waals surface area contributed by atoms with Crippen LogP contribution in [0.5, 0.6) is 0 Å². The number of ether oxygens (including phenoxy) is 2. The summed E-state index contributed by atoms with van der Waals surface area (Å²) in [4.78, 5) is 2.66. The molecule has 0 saturated carbocycles. The van der Waals surface area contributed by atoms with Crippen LogP contribution < -0.4 is 4.90 Å². The summed E-state index contributed by atoms with van der Waals surface area (Å²) in [7, 11) is -3.15. The monoisotopic (exact) mass is 339 g/mol. The maximum Gasteiger partial charge on any atom is 0.178 e. The third-order valence-corrected chi connectivity index (χ3v) is 6.30. The van der Waals surface area contributed by atoms with Crippen molar-refractivity contribution in [3.8, 4) is 0 Å². The van der Waals surface area contributed by atoms with Crippen molar-refractivity contribution in [2.75, 3.05) is 37.0 Å². The van der Waals surface area contributed by atoms with Crippen LogP contribution in [0.15, 0.2) is 29.2 Å². The van der Waals surface area contributed by atoms with Crippen LogP contribution >= 0.6 is 0 Å². The van der Waals surface area contributed by atoms with Gasteiger partial charge in [0.2, 0.25) is 0 Å². The Hall–Kier alpha value is -1.11. The first kappa shape index (κ1) is 16.7. The van der Waals surface area contributed by atoms with E-state index < -0.39 is 9.84 Å². The van der Waals surface area contributed by atoms with Gasteiger partial charge in [-0.3, -0.25) is 0 Å². The lowest BCUT2D eigenvalue weighted by Gasteiger charge is -2.49. The lowest BCUT2D eigenvalue weighted by atomic mass is 9.94. The number of benzene rings is 1. The molecule has 1 aromatic rings. The third-order valence-electron chi connectivity index (χ3n) is 4.55. The highest BCUT2D eigenvalue weighted by Crippen LogP contribution is 2.36. The molecule has 0 amide bonds. The van der Waals surface area contributed by atoms with Crippen molar-refractivity contribution >= 4 is 15.5 Å². The van der Waals surface area contributed by atoms with E-state index in [1.807, 2.05) is 12.1 Å². The zero-order chi connectivity index (χ0) is 16.7. The third kappa shape index (κ3) is 3.39. The fourth-order valence-corrected chi connectivity index (χ4v) is 4.41. The van der Waals surface area contributed by atoms with Gasteiger partial charge in [0.15, 0.2) is 9.84 Å². The van der Waals surface area contributed by atoms with E-state index in [4.69, 9.17) is 9.47 Å². The van der Waals surface area contributed by atoms with Gasteiger partial charge in [0.1, 0.15) is 5.60 Å². The Balaban J connectivity index is 1.86. The Kier molecular flexibility index (Phi) is 4.19. The van der Waals surface area contributed by atoms with Gasteiger partial charge in [-0.05, 0) is 38.1 Å². The molecule has 0 aliphatic carbocycles. The minimum Gasteiger partial charge on any atom is -0.378 e. The van der Waals surface area contributed by atoms with Crippen LogP contribution in [0.1, 0.15) is 27.2 Å². The van der Waals surface area contributed by atoms with Crippen molar-refractivity contribution in [2.45, 2.75) is 43.3 Å². The van der Waals surface area contributed by atoms with E-state index in [2.05, 4.69) is 18.7 Å². The molecule has 2 aliphatic rings. The number of hydrogen-bond acceptors (Lipinski definition) is 5. The summed E-state index contributed by atoms with van der Waals surface area (Å²) in [6.07, 6.45) is 0.898. The van der Waals surface area contributed by atoms with Crippen LogP contribution in [0.25, 0.3) is 0 Å². The van der Waals surface area contributed by atoms with Crippen LogP contribution in [0.3, 0.4) is 0 Å². The molecule has 0 radical (unpaired) electrons. The molecule has 5 nitrogen and oxygen atoms in total. The average Bonchev–Trinajstić information content (AvgIpc) is 2.93. The number of hydrogen-bond donors (Lipinski definition) is 0. The molecular weight excluding hydrogens is 314 g/mol. The maximum absolute atomic E-state index is 11.9. The normalized spacial score (nSPS) is 27.5. The van der Waals surface area contributed by atoms with Crippen LogP contribution in [0, 0.1) is 0 Å². The molecule has 1 atom stereocenters. The predicted octanol–water partition coefficient (Wildman–Crippen LogP) is 2.25. The van der Waals surface area contributed by atoms with Crippen molar-refractivity contribution in [2.24, 2.45) is 0 Å². The minimum atomic E-state index is -3.15. The van der Waals surface area contributed by atoms with Gasteiger partial charge in [0.25, 0.3) is 0 Å². The van der Waals surface area contributed by atoms with Crippen LogP contribution in [-0.2, 0) is 19.3 Å². The fourth-order valence-electron chi connectivity index (χ4n) is 3.52. The highest BCUT2D eigenvalue weighted by atomic mass is 32.2. The topological polar surface area (TPSA) is 55.8 Å². The van der Waals surface area contributed by atoms with Crippen molar-refractivity contribution in [1.82, 2.24) is 0 Å². The Labute approximate surface area is 138 Å². The van der Waals surface area contributed by atoms with Gasteiger partial charge in [-0.2, -0.15) is 0 Å². The molecule has 1 spiro atoms. The Morgan fingerprint density at radius 2 is 1.87 bits per heavy atom. The first-order valence-corrected chi connectivity index (χ1v) is 9.76. The smallest absolute Gasteiger partial charge is 0.178 e. The second-order valence-corrected chi connectivity index (χ2v) is 9.38. The standard InChI is InChI=1S/C17H25NO4S/c1-4-23(19,20)15-7-5-14(6-8-15)18-11-16(2,3)22-17(12-18)9-10-21-13-17/h5-8H,4,9-13H2,1-3H3. The molecule has 3 rings (SSSR count). The first-order chi connectivity index (χ1) is 10.8. The molecule has 2 fully saturated rings. The zero-order valence-corrected chi connectivity index (χ0v) is 14.9. The molecule has 23 heavy (non-hydrogen) atoms. The summed E-state index contributed by atoms with van der Waals surface area (Å²) in [5.74, 6) is 0.122. The zero-order valence-electron chi connectivity index (χ0n) is 14.0. The summed E-state index contributed by atoms with van der Waals surface area (Å²) in [5, 5.41) is 0. The van der Waals surface area contributed by atoms with Crippen molar-refractivity contribution in [1.29, 1.82) is 0 Å². The van der Waals surface area contributed by atoms with E-state index >= 15 is 0 Å². The Bertz CT molecular complexity index is 660. The van der Waals surface area contributed by atoms with E-state index in [1.54, 1.807) is 19.1 Å². The van der Waals surface area contributed by atoms with E-state index in [9.17, 15) is 8.42 Å². The molecule has 2 aliphatic heterocycles. The molecular formula is C17H25NO4S. The van der Waals surface area contributed by atoms with E-state index in [0.717, 1.165) is 31.8 Å². The molecule has 6 heteroatoms. The van der Waals surface area contributed by atoms with E-state index in [1.165, 1.54) is 0 Å². The van der Waals surface area contributed by atoms with Crippen LogP contribution in [0.4, 0.5) is 5.69 Å². The molecule has 2 saturated heterocycles.